The third-order valence-corrected chi connectivity index (χ3v) is 4.58. The molecule has 2 rings (SSSR count). The molecule has 1 aromatic rings. The van der Waals surface area contributed by atoms with Gasteiger partial charge in [0.1, 0.15) is 0 Å². The van der Waals surface area contributed by atoms with Crippen LogP contribution in [0, 0.1) is 5.41 Å². The van der Waals surface area contributed by atoms with Crippen LogP contribution in [0.25, 0.3) is 6.08 Å². The first-order valence-electron chi connectivity index (χ1n) is 8.75. The molecule has 0 amide bonds. The van der Waals surface area contributed by atoms with Gasteiger partial charge in [0.2, 0.25) is 0 Å². The summed E-state index contributed by atoms with van der Waals surface area (Å²) in [5.74, 6) is 0.287. The van der Waals surface area contributed by atoms with E-state index in [1.807, 2.05) is 19.1 Å². The molecule has 0 saturated heterocycles. The lowest BCUT2D eigenvalue weighted by Crippen LogP contribution is -2.19. The van der Waals surface area contributed by atoms with E-state index in [0.29, 0.717) is 0 Å². The molecule has 0 unspecified atom stereocenters. The van der Waals surface area contributed by atoms with Crippen molar-refractivity contribution >= 4 is 6.08 Å². The van der Waals surface area contributed by atoms with E-state index in [2.05, 4.69) is 56.1 Å². The van der Waals surface area contributed by atoms with Gasteiger partial charge in [-0.1, -0.05) is 55.4 Å². The second kappa shape index (κ2) is 8.15. The first kappa shape index (κ1) is 19.0. The van der Waals surface area contributed by atoms with Gasteiger partial charge < -0.3 is 4.52 Å². The highest BCUT2D eigenvalue weighted by atomic mass is 16.5. The smallest absolute Gasteiger partial charge is 0.357 e. The molecule has 0 aliphatic heterocycles. The van der Waals surface area contributed by atoms with Gasteiger partial charge in [0.25, 0.3) is 5.89 Å². The number of H-pyrrole nitrogens is 1. The Bertz CT molecular complexity index is 811. The van der Waals surface area contributed by atoms with Crippen molar-refractivity contribution < 1.29 is 4.52 Å². The van der Waals surface area contributed by atoms with E-state index in [9.17, 15) is 4.79 Å². The molecule has 4 nitrogen and oxygen atoms in total. The van der Waals surface area contributed by atoms with E-state index in [1.54, 1.807) is 6.08 Å². The Morgan fingerprint density at radius 2 is 2.00 bits per heavy atom. The Labute approximate surface area is 149 Å². The molecule has 0 radical (unpaired) electrons. The van der Waals surface area contributed by atoms with E-state index in [1.165, 1.54) is 36.0 Å². The second-order valence-corrected chi connectivity index (χ2v) is 7.38. The van der Waals surface area contributed by atoms with Crippen LogP contribution < -0.4 is 5.69 Å². The van der Waals surface area contributed by atoms with E-state index in [-0.39, 0.29) is 11.3 Å². The summed E-state index contributed by atoms with van der Waals surface area (Å²) in [6.07, 6.45) is 15.9. The maximum absolute atomic E-state index is 10.9. The number of allylic oxidation sites excluding steroid dienone is 9. The van der Waals surface area contributed by atoms with Gasteiger partial charge in [0.15, 0.2) is 0 Å². The molecule has 25 heavy (non-hydrogen) atoms. The van der Waals surface area contributed by atoms with Crippen LogP contribution in [0.15, 0.2) is 62.0 Å². The minimum Gasteiger partial charge on any atom is -0.357 e. The summed E-state index contributed by atoms with van der Waals surface area (Å²) in [6, 6.07) is 0. The molecular formula is C21H28N2O2. The van der Waals surface area contributed by atoms with Crippen molar-refractivity contribution in [2.24, 2.45) is 5.41 Å². The van der Waals surface area contributed by atoms with E-state index in [0.717, 1.165) is 5.57 Å². The van der Waals surface area contributed by atoms with E-state index < -0.39 is 5.69 Å². The number of hydrogen-bond donors (Lipinski definition) is 1. The fourth-order valence-corrected chi connectivity index (χ4v) is 3.18. The Balaban J connectivity index is 2.04. The van der Waals surface area contributed by atoms with Crippen molar-refractivity contribution in [1.29, 1.82) is 0 Å². The minimum atomic E-state index is -0.473. The highest BCUT2D eigenvalue weighted by Gasteiger charge is 2.26. The first-order valence-corrected chi connectivity index (χ1v) is 8.75. The lowest BCUT2D eigenvalue weighted by Gasteiger charge is -2.32. The fourth-order valence-electron chi connectivity index (χ4n) is 3.18. The molecule has 0 saturated carbocycles. The molecule has 0 bridgehead atoms. The Morgan fingerprint density at radius 1 is 1.24 bits per heavy atom. The quantitative estimate of drug-likeness (QED) is 0.735. The van der Waals surface area contributed by atoms with Crippen molar-refractivity contribution in [1.82, 2.24) is 10.1 Å². The zero-order valence-electron chi connectivity index (χ0n) is 15.8. The number of aromatic nitrogens is 2. The lowest BCUT2D eigenvalue weighted by atomic mass is 9.72. The monoisotopic (exact) mass is 340 g/mol. The third-order valence-electron chi connectivity index (χ3n) is 4.58. The molecule has 0 fully saturated rings. The van der Waals surface area contributed by atoms with Crippen molar-refractivity contribution in [2.75, 3.05) is 0 Å². The van der Waals surface area contributed by atoms with E-state index >= 15 is 0 Å². The van der Waals surface area contributed by atoms with Gasteiger partial charge in [0, 0.05) is 6.08 Å². The number of nitrogens with one attached hydrogen (secondary N) is 1. The van der Waals surface area contributed by atoms with Crippen molar-refractivity contribution in [3.8, 4) is 0 Å². The van der Waals surface area contributed by atoms with Crippen LogP contribution in [0.2, 0.25) is 0 Å². The summed E-state index contributed by atoms with van der Waals surface area (Å²) in [4.78, 5) is 14.6. The van der Waals surface area contributed by atoms with Crippen LogP contribution in [-0.4, -0.2) is 10.1 Å². The topological polar surface area (TPSA) is 58.9 Å². The molecule has 4 heteroatoms. The predicted molar refractivity (Wildman–Crippen MR) is 103 cm³/mol. The molecule has 1 aliphatic carbocycles. The summed E-state index contributed by atoms with van der Waals surface area (Å²) in [7, 11) is 0. The predicted octanol–water partition coefficient (Wildman–Crippen LogP) is 5.35. The van der Waals surface area contributed by atoms with Crippen molar-refractivity contribution in [2.45, 2.75) is 53.9 Å². The Morgan fingerprint density at radius 3 is 2.64 bits per heavy atom. The summed E-state index contributed by atoms with van der Waals surface area (Å²) >= 11 is 0. The van der Waals surface area contributed by atoms with Gasteiger partial charge in [-0.3, -0.25) is 0 Å². The van der Waals surface area contributed by atoms with Crippen LogP contribution in [0.4, 0.5) is 0 Å². The Kier molecular flexibility index (Phi) is 6.18. The van der Waals surface area contributed by atoms with Gasteiger partial charge in [0.05, 0.1) is 0 Å². The van der Waals surface area contributed by atoms with Crippen LogP contribution in [0.1, 0.15) is 59.8 Å². The molecule has 1 aromatic heterocycles. The summed E-state index contributed by atoms with van der Waals surface area (Å²) in [5, 5.41) is 2.17. The maximum atomic E-state index is 10.9. The van der Waals surface area contributed by atoms with Gasteiger partial charge >= 0.3 is 5.69 Å². The van der Waals surface area contributed by atoms with Gasteiger partial charge in [-0.05, 0) is 56.6 Å². The van der Waals surface area contributed by atoms with Crippen LogP contribution in [0.5, 0.6) is 0 Å². The molecule has 0 atom stereocenters. The van der Waals surface area contributed by atoms with E-state index in [4.69, 9.17) is 4.52 Å². The summed E-state index contributed by atoms with van der Waals surface area (Å²) in [6.45, 7) is 10.9. The third kappa shape index (κ3) is 5.59. The minimum absolute atomic E-state index is 0.266. The largest absolute Gasteiger partial charge is 0.377 e. The SMILES string of the molecule is CC1=C(/C=C/C(C)=C/C=C/C(C)=C/c2nc(=O)[nH]o2)C(C)(C)CCC1. The molecule has 134 valence electrons. The fraction of sp³-hybridized carbons (Fsp3) is 0.429. The average molecular weight is 340 g/mol. The average Bonchev–Trinajstić information content (AvgIpc) is 2.91. The summed E-state index contributed by atoms with van der Waals surface area (Å²) in [5.41, 5.74) is 4.92. The highest BCUT2D eigenvalue weighted by Crippen LogP contribution is 2.40. The van der Waals surface area contributed by atoms with Crippen molar-refractivity contribution in [3.05, 3.63) is 69.0 Å². The van der Waals surface area contributed by atoms with Gasteiger partial charge in [-0.25, -0.2) is 4.79 Å². The number of nitrogens with zero attached hydrogens (tertiary/aromatic N) is 1. The van der Waals surface area contributed by atoms with Gasteiger partial charge in [-0.2, -0.15) is 10.1 Å². The molecule has 1 N–H and O–H groups in total. The first-order chi connectivity index (χ1) is 11.8. The zero-order valence-corrected chi connectivity index (χ0v) is 15.8. The molecule has 1 heterocycles. The Hall–Kier alpha value is -2.36. The number of aromatic amines is 1. The zero-order chi connectivity index (χ0) is 18.4. The second-order valence-electron chi connectivity index (χ2n) is 7.38. The van der Waals surface area contributed by atoms with Crippen LogP contribution >= 0.6 is 0 Å². The highest BCUT2D eigenvalue weighted by molar-refractivity contribution is 5.47. The summed E-state index contributed by atoms with van der Waals surface area (Å²) < 4.78 is 4.91. The van der Waals surface area contributed by atoms with Crippen LogP contribution in [-0.2, 0) is 0 Å². The maximum Gasteiger partial charge on any atom is 0.377 e. The normalized spacial score (nSPS) is 19.4. The van der Waals surface area contributed by atoms with Gasteiger partial charge in [-0.15, -0.1) is 0 Å². The number of hydrogen-bond acceptors (Lipinski definition) is 3. The molecule has 1 aliphatic rings. The lowest BCUT2D eigenvalue weighted by molar-refractivity contribution is 0.377. The number of rotatable bonds is 5. The van der Waals surface area contributed by atoms with Crippen molar-refractivity contribution in [3.63, 3.8) is 0 Å². The van der Waals surface area contributed by atoms with Crippen LogP contribution in [0.3, 0.4) is 0 Å². The standard InChI is InChI=1S/C21H28N2O2/c1-15(11-12-18-17(3)10-7-13-21(18,4)5)8-6-9-16(2)14-19-22-20(24)23-25-19/h6,8-9,11-12,14H,7,10,13H2,1-5H3,(H,23,24)/b9-6+,12-11+,15-8+,16-14+. The molecule has 0 spiro atoms. The molecule has 0 aromatic carbocycles. The molecular weight excluding hydrogens is 312 g/mol.